The van der Waals surface area contributed by atoms with E-state index < -0.39 is 25.0 Å². The number of hydrogen-bond acceptors (Lipinski definition) is 3. The molecule has 20 heavy (non-hydrogen) atoms. The second kappa shape index (κ2) is 7.74. The van der Waals surface area contributed by atoms with Crippen LogP contribution in [0.1, 0.15) is 12.8 Å². The number of hydrogen-bond donors (Lipinski definition) is 2. The number of alkyl halides is 2. The Bertz CT molecular complexity index is 423. The number of amides is 1. The molecule has 0 heterocycles. The zero-order valence-corrected chi connectivity index (χ0v) is 10.7. The quantitative estimate of drug-likeness (QED) is 0.717. The highest BCUT2D eigenvalue weighted by molar-refractivity contribution is 5.75. The van der Waals surface area contributed by atoms with Gasteiger partial charge in [0, 0.05) is 6.42 Å². The average molecular weight is 291 g/mol. The normalized spacial score (nSPS) is 11.2. The van der Waals surface area contributed by atoms with E-state index in [1.807, 2.05) is 5.32 Å². The molecule has 0 aliphatic heterocycles. The van der Waals surface area contributed by atoms with Crippen LogP contribution >= 0.6 is 0 Å². The van der Waals surface area contributed by atoms with Crippen molar-refractivity contribution in [3.05, 3.63) is 30.1 Å². The van der Waals surface area contributed by atoms with Crippen LogP contribution in [0.3, 0.4) is 0 Å². The molecule has 2 N–H and O–H groups in total. The molecule has 112 valence electrons. The lowest BCUT2D eigenvalue weighted by molar-refractivity contribution is -0.124. The molecule has 7 heteroatoms. The molecule has 1 rings (SSSR count). The van der Waals surface area contributed by atoms with Crippen molar-refractivity contribution in [3.8, 4) is 5.75 Å². The number of ether oxygens (including phenoxy) is 1. The lowest BCUT2D eigenvalue weighted by atomic mass is 10.3. The second-order valence-corrected chi connectivity index (χ2v) is 4.20. The van der Waals surface area contributed by atoms with Gasteiger partial charge in [-0.1, -0.05) is 0 Å². The smallest absolute Gasteiger partial charge is 0.287 e. The van der Waals surface area contributed by atoms with E-state index in [1.54, 1.807) is 0 Å². The van der Waals surface area contributed by atoms with E-state index in [-0.39, 0.29) is 18.8 Å². The van der Waals surface area contributed by atoms with Gasteiger partial charge >= 0.3 is 0 Å². The Kier molecular flexibility index (Phi) is 6.30. The van der Waals surface area contributed by atoms with Gasteiger partial charge in [0.15, 0.2) is 0 Å². The Hall–Kier alpha value is -1.76. The van der Waals surface area contributed by atoms with Crippen LogP contribution in [-0.2, 0) is 4.79 Å². The summed E-state index contributed by atoms with van der Waals surface area (Å²) < 4.78 is 43.1. The summed E-state index contributed by atoms with van der Waals surface area (Å²) in [7, 11) is 0. The first-order valence-electron chi connectivity index (χ1n) is 6.07. The van der Waals surface area contributed by atoms with Crippen molar-refractivity contribution in [2.75, 3.05) is 19.8 Å². The average Bonchev–Trinajstić information content (AvgIpc) is 2.43. The van der Waals surface area contributed by atoms with E-state index in [0.717, 1.165) is 0 Å². The molecular formula is C13H16F3NO3. The molecule has 0 radical (unpaired) electrons. The maximum Gasteiger partial charge on any atom is 0.287 e. The molecule has 0 aliphatic rings. The first kappa shape index (κ1) is 16.3. The highest BCUT2D eigenvalue weighted by atomic mass is 19.3. The van der Waals surface area contributed by atoms with Crippen LogP contribution in [0.25, 0.3) is 0 Å². The molecule has 1 aromatic rings. The minimum Gasteiger partial charge on any atom is -0.494 e. The molecule has 4 nitrogen and oxygen atoms in total. The summed E-state index contributed by atoms with van der Waals surface area (Å²) in [6.45, 7) is -1.97. The predicted molar refractivity (Wildman–Crippen MR) is 66.2 cm³/mol. The molecule has 0 aliphatic carbocycles. The van der Waals surface area contributed by atoms with Crippen molar-refractivity contribution in [2.45, 2.75) is 18.8 Å². The zero-order chi connectivity index (χ0) is 15.0. The van der Waals surface area contributed by atoms with E-state index >= 15 is 0 Å². The van der Waals surface area contributed by atoms with Crippen molar-refractivity contribution in [2.24, 2.45) is 0 Å². The van der Waals surface area contributed by atoms with Gasteiger partial charge in [0.25, 0.3) is 5.92 Å². The minimum absolute atomic E-state index is 0.0305. The van der Waals surface area contributed by atoms with Crippen molar-refractivity contribution in [3.63, 3.8) is 0 Å². The molecule has 0 saturated heterocycles. The van der Waals surface area contributed by atoms with Crippen molar-refractivity contribution >= 4 is 5.91 Å². The van der Waals surface area contributed by atoms with E-state index in [2.05, 4.69) is 0 Å². The molecule has 0 unspecified atom stereocenters. The van der Waals surface area contributed by atoms with Crippen LogP contribution < -0.4 is 10.1 Å². The Morgan fingerprint density at radius 3 is 2.55 bits per heavy atom. The third kappa shape index (κ3) is 6.42. The number of nitrogens with one attached hydrogen (secondary N) is 1. The van der Waals surface area contributed by atoms with E-state index in [9.17, 15) is 18.0 Å². The zero-order valence-electron chi connectivity index (χ0n) is 10.7. The number of aliphatic hydroxyl groups is 1. The van der Waals surface area contributed by atoms with Gasteiger partial charge in [-0.2, -0.15) is 0 Å². The molecule has 1 amide bonds. The summed E-state index contributed by atoms with van der Waals surface area (Å²) in [4.78, 5) is 11.2. The summed E-state index contributed by atoms with van der Waals surface area (Å²) in [6.07, 6.45) is 0.372. The predicted octanol–water partition coefficient (Wildman–Crippen LogP) is 1.73. The third-order valence-corrected chi connectivity index (χ3v) is 2.41. The Balaban J connectivity index is 2.14. The maximum absolute atomic E-state index is 12.6. The first-order chi connectivity index (χ1) is 9.43. The van der Waals surface area contributed by atoms with Gasteiger partial charge < -0.3 is 15.2 Å². The highest BCUT2D eigenvalue weighted by Crippen LogP contribution is 2.12. The second-order valence-electron chi connectivity index (χ2n) is 4.20. The lowest BCUT2D eigenvalue weighted by Gasteiger charge is -2.13. The van der Waals surface area contributed by atoms with Gasteiger partial charge in [-0.05, 0) is 30.7 Å². The summed E-state index contributed by atoms with van der Waals surface area (Å²) in [6, 6.07) is 5.41. The Morgan fingerprint density at radius 2 is 1.95 bits per heavy atom. The number of halogens is 3. The number of aliphatic hydroxyl groups excluding tert-OH is 1. The van der Waals surface area contributed by atoms with E-state index in [0.29, 0.717) is 12.2 Å². The maximum atomic E-state index is 12.6. The minimum atomic E-state index is -3.31. The van der Waals surface area contributed by atoms with Crippen LogP contribution in [0.5, 0.6) is 5.75 Å². The molecule has 1 aromatic carbocycles. The summed E-state index contributed by atoms with van der Waals surface area (Å²) in [5.74, 6) is -3.75. The van der Waals surface area contributed by atoms with Gasteiger partial charge in [0.1, 0.15) is 18.2 Å². The van der Waals surface area contributed by atoms with Gasteiger partial charge in [-0.3, -0.25) is 4.79 Å². The fraction of sp³-hybridized carbons (Fsp3) is 0.462. The van der Waals surface area contributed by atoms with Gasteiger partial charge in [0.05, 0.1) is 13.2 Å². The van der Waals surface area contributed by atoms with Crippen LogP contribution in [-0.4, -0.2) is 36.7 Å². The SMILES string of the molecule is O=C(CCCOc1ccc(F)cc1)NCC(F)(F)CO. The van der Waals surface area contributed by atoms with Crippen molar-refractivity contribution in [1.29, 1.82) is 0 Å². The number of benzene rings is 1. The third-order valence-electron chi connectivity index (χ3n) is 2.41. The van der Waals surface area contributed by atoms with Crippen LogP contribution in [0, 0.1) is 5.82 Å². The molecule has 0 spiro atoms. The van der Waals surface area contributed by atoms with Gasteiger partial charge in [-0.25, -0.2) is 13.2 Å². The lowest BCUT2D eigenvalue weighted by Crippen LogP contribution is -2.38. The standard InChI is InChI=1S/C13H16F3NO3/c14-10-3-5-11(6-4-10)20-7-1-2-12(19)17-8-13(15,16)9-18/h3-6,18H,1-2,7-9H2,(H,17,19). The van der Waals surface area contributed by atoms with Crippen LogP contribution in [0.4, 0.5) is 13.2 Å². The fourth-order valence-electron chi connectivity index (χ4n) is 1.33. The Labute approximate surface area is 114 Å². The number of rotatable bonds is 8. The Morgan fingerprint density at radius 1 is 1.30 bits per heavy atom. The molecule has 0 aromatic heterocycles. The first-order valence-corrected chi connectivity index (χ1v) is 6.07. The summed E-state index contributed by atoms with van der Waals surface area (Å²) >= 11 is 0. The molecule has 0 bridgehead atoms. The van der Waals surface area contributed by atoms with Gasteiger partial charge in [0.2, 0.25) is 5.91 Å². The summed E-state index contributed by atoms with van der Waals surface area (Å²) in [5, 5.41) is 10.3. The van der Waals surface area contributed by atoms with Crippen molar-refractivity contribution < 1.29 is 27.8 Å². The fourth-order valence-corrected chi connectivity index (χ4v) is 1.33. The highest BCUT2D eigenvalue weighted by Gasteiger charge is 2.27. The van der Waals surface area contributed by atoms with Crippen LogP contribution in [0.15, 0.2) is 24.3 Å². The topological polar surface area (TPSA) is 58.6 Å². The molecule has 0 saturated carbocycles. The van der Waals surface area contributed by atoms with E-state index in [1.165, 1.54) is 24.3 Å². The largest absolute Gasteiger partial charge is 0.494 e. The monoisotopic (exact) mass is 291 g/mol. The van der Waals surface area contributed by atoms with Gasteiger partial charge in [-0.15, -0.1) is 0 Å². The van der Waals surface area contributed by atoms with Crippen molar-refractivity contribution in [1.82, 2.24) is 5.32 Å². The van der Waals surface area contributed by atoms with E-state index in [4.69, 9.17) is 9.84 Å². The number of carbonyl (C=O) groups excluding carboxylic acids is 1. The molecule has 0 atom stereocenters. The molecule has 0 fully saturated rings. The summed E-state index contributed by atoms with van der Waals surface area (Å²) in [5.41, 5.74) is 0. The molecular weight excluding hydrogens is 275 g/mol. The number of carbonyl (C=O) groups is 1. The van der Waals surface area contributed by atoms with Crippen LogP contribution in [0.2, 0.25) is 0 Å².